The first-order valence-electron chi connectivity index (χ1n) is 4.63. The number of hydrogen-bond acceptors (Lipinski definition) is 4. The van der Waals surface area contributed by atoms with Crippen molar-refractivity contribution in [2.24, 2.45) is 0 Å². The molecule has 1 unspecified atom stereocenters. The molecule has 0 bridgehead atoms. The zero-order valence-electron chi connectivity index (χ0n) is 9.00. The van der Waals surface area contributed by atoms with Gasteiger partial charge in [0.05, 0.1) is 0 Å². The van der Waals surface area contributed by atoms with Crippen LogP contribution in [-0.4, -0.2) is 47.4 Å². The predicted octanol–water partition coefficient (Wildman–Crippen LogP) is 0.418. The Morgan fingerprint density at radius 2 is 2.00 bits per heavy atom. The molecule has 3 N–H and O–H groups in total. The highest BCUT2D eigenvalue weighted by Gasteiger charge is 2.27. The van der Waals surface area contributed by atoms with Gasteiger partial charge in [-0.15, -0.1) is 0 Å². The SMILES string of the molecule is CC(=O)NC(CNCCSC(F)(F)F)C(=O)O. The number of thioether (sulfide) groups is 1. The van der Waals surface area contributed by atoms with Gasteiger partial charge >= 0.3 is 11.5 Å². The molecule has 0 aliphatic carbocycles. The maximum absolute atomic E-state index is 11.7. The van der Waals surface area contributed by atoms with Crippen molar-refractivity contribution in [2.75, 3.05) is 18.8 Å². The molecule has 0 radical (unpaired) electrons. The van der Waals surface area contributed by atoms with Crippen molar-refractivity contribution in [1.82, 2.24) is 10.6 Å². The van der Waals surface area contributed by atoms with Crippen molar-refractivity contribution in [2.45, 2.75) is 18.5 Å². The number of aliphatic carboxylic acids is 1. The van der Waals surface area contributed by atoms with Crippen molar-refractivity contribution >= 4 is 23.6 Å². The highest BCUT2D eigenvalue weighted by atomic mass is 32.2. The summed E-state index contributed by atoms with van der Waals surface area (Å²) < 4.78 is 35.2. The second-order valence-electron chi connectivity index (χ2n) is 3.09. The Labute approximate surface area is 100 Å². The lowest BCUT2D eigenvalue weighted by Gasteiger charge is -2.14. The molecule has 17 heavy (non-hydrogen) atoms. The zero-order chi connectivity index (χ0) is 13.5. The Morgan fingerprint density at radius 1 is 1.41 bits per heavy atom. The third kappa shape index (κ3) is 9.94. The molecule has 1 atom stereocenters. The molecule has 0 rings (SSSR count). The number of amides is 1. The second-order valence-corrected chi connectivity index (χ2v) is 4.25. The summed E-state index contributed by atoms with van der Waals surface area (Å²) in [6.45, 7) is 1.05. The van der Waals surface area contributed by atoms with Crippen LogP contribution in [0.1, 0.15) is 6.92 Å². The topological polar surface area (TPSA) is 78.4 Å². The summed E-state index contributed by atoms with van der Waals surface area (Å²) in [5.41, 5.74) is -4.29. The van der Waals surface area contributed by atoms with Gasteiger partial charge in [0.2, 0.25) is 5.91 Å². The van der Waals surface area contributed by atoms with Gasteiger partial charge in [0.25, 0.3) is 0 Å². The molecule has 0 aliphatic heterocycles. The molecule has 0 aromatic heterocycles. The summed E-state index contributed by atoms with van der Waals surface area (Å²) in [5.74, 6) is -1.96. The minimum Gasteiger partial charge on any atom is -0.480 e. The molecule has 0 fully saturated rings. The Kier molecular flexibility index (Phi) is 6.97. The number of hydrogen-bond donors (Lipinski definition) is 3. The number of alkyl halides is 3. The lowest BCUT2D eigenvalue weighted by Crippen LogP contribution is -2.46. The normalized spacial score (nSPS) is 13.2. The number of carboxylic acids is 1. The second kappa shape index (κ2) is 7.38. The van der Waals surface area contributed by atoms with E-state index in [0.717, 1.165) is 6.92 Å². The third-order valence-electron chi connectivity index (χ3n) is 1.57. The Balaban J connectivity index is 3.76. The van der Waals surface area contributed by atoms with Crippen LogP contribution in [0.15, 0.2) is 0 Å². The molecule has 0 saturated carbocycles. The van der Waals surface area contributed by atoms with Gasteiger partial charge < -0.3 is 15.7 Å². The monoisotopic (exact) mass is 274 g/mol. The van der Waals surface area contributed by atoms with E-state index >= 15 is 0 Å². The average molecular weight is 274 g/mol. The smallest absolute Gasteiger partial charge is 0.441 e. The number of rotatable bonds is 7. The highest BCUT2D eigenvalue weighted by Crippen LogP contribution is 2.29. The summed E-state index contributed by atoms with van der Waals surface area (Å²) in [6.07, 6.45) is 0. The van der Waals surface area contributed by atoms with Gasteiger partial charge in [-0.3, -0.25) is 4.79 Å². The van der Waals surface area contributed by atoms with E-state index in [-0.39, 0.29) is 30.6 Å². The van der Waals surface area contributed by atoms with Gasteiger partial charge in [0, 0.05) is 25.8 Å². The number of carboxylic acid groups (broad SMARTS) is 1. The van der Waals surface area contributed by atoms with Crippen molar-refractivity contribution < 1.29 is 27.9 Å². The number of halogens is 3. The molecule has 0 aromatic carbocycles. The maximum atomic E-state index is 11.7. The summed E-state index contributed by atoms with van der Waals surface area (Å²) in [4.78, 5) is 21.2. The number of carbonyl (C=O) groups excluding carboxylic acids is 1. The van der Waals surface area contributed by atoms with Crippen LogP contribution in [0.3, 0.4) is 0 Å². The van der Waals surface area contributed by atoms with Gasteiger partial charge in [-0.1, -0.05) is 0 Å². The van der Waals surface area contributed by atoms with Gasteiger partial charge in [0.15, 0.2) is 0 Å². The van der Waals surface area contributed by atoms with Crippen molar-refractivity contribution in [3.63, 3.8) is 0 Å². The standard InChI is InChI=1S/C8H13F3N2O3S/c1-5(14)13-6(7(15)16)4-12-2-3-17-8(9,10)11/h6,12H,2-4H2,1H3,(H,13,14)(H,15,16). The molecular weight excluding hydrogens is 261 g/mol. The van der Waals surface area contributed by atoms with Crippen LogP contribution in [0.5, 0.6) is 0 Å². The Morgan fingerprint density at radius 3 is 2.41 bits per heavy atom. The van der Waals surface area contributed by atoms with Crippen molar-refractivity contribution in [3.05, 3.63) is 0 Å². The fraction of sp³-hybridized carbons (Fsp3) is 0.750. The Hall–Kier alpha value is -0.960. The predicted molar refractivity (Wildman–Crippen MR) is 56.6 cm³/mol. The van der Waals surface area contributed by atoms with Gasteiger partial charge in [0.1, 0.15) is 6.04 Å². The maximum Gasteiger partial charge on any atom is 0.441 e. The van der Waals surface area contributed by atoms with E-state index in [4.69, 9.17) is 5.11 Å². The largest absolute Gasteiger partial charge is 0.480 e. The third-order valence-corrected chi connectivity index (χ3v) is 2.30. The molecule has 0 spiro atoms. The lowest BCUT2D eigenvalue weighted by atomic mass is 10.3. The summed E-state index contributed by atoms with van der Waals surface area (Å²) in [7, 11) is 0. The minimum absolute atomic E-state index is 0.00748. The number of carbonyl (C=O) groups is 2. The van der Waals surface area contributed by atoms with E-state index in [0.29, 0.717) is 0 Å². The van der Waals surface area contributed by atoms with E-state index in [1.54, 1.807) is 0 Å². The van der Waals surface area contributed by atoms with Crippen LogP contribution >= 0.6 is 11.8 Å². The van der Waals surface area contributed by atoms with Crippen molar-refractivity contribution in [3.8, 4) is 0 Å². The van der Waals surface area contributed by atoms with E-state index in [1.807, 2.05) is 0 Å². The lowest BCUT2D eigenvalue weighted by molar-refractivity contribution is -0.141. The fourth-order valence-electron chi connectivity index (χ4n) is 0.931. The van der Waals surface area contributed by atoms with E-state index in [1.165, 1.54) is 0 Å². The molecule has 5 nitrogen and oxygen atoms in total. The molecule has 0 aromatic rings. The van der Waals surface area contributed by atoms with Gasteiger partial charge in [-0.2, -0.15) is 13.2 Å². The molecule has 0 heterocycles. The average Bonchev–Trinajstić information content (AvgIpc) is 2.12. The summed E-state index contributed by atoms with van der Waals surface area (Å²) in [6, 6.07) is -1.14. The van der Waals surface area contributed by atoms with Crippen LogP contribution in [0, 0.1) is 0 Å². The van der Waals surface area contributed by atoms with Gasteiger partial charge in [-0.25, -0.2) is 4.79 Å². The van der Waals surface area contributed by atoms with Crippen LogP contribution in [0.4, 0.5) is 13.2 Å². The van der Waals surface area contributed by atoms with Crippen LogP contribution in [0.2, 0.25) is 0 Å². The highest BCUT2D eigenvalue weighted by molar-refractivity contribution is 8.00. The van der Waals surface area contributed by atoms with E-state index < -0.39 is 23.4 Å². The molecule has 100 valence electrons. The zero-order valence-corrected chi connectivity index (χ0v) is 9.82. The first-order chi connectivity index (χ1) is 7.72. The van der Waals surface area contributed by atoms with Crippen LogP contribution < -0.4 is 10.6 Å². The Bertz CT molecular complexity index is 273. The summed E-state index contributed by atoms with van der Waals surface area (Å²) >= 11 is -0.190. The summed E-state index contributed by atoms with van der Waals surface area (Å²) in [5, 5.41) is 13.4. The van der Waals surface area contributed by atoms with E-state index in [2.05, 4.69) is 10.6 Å². The van der Waals surface area contributed by atoms with Crippen LogP contribution in [-0.2, 0) is 9.59 Å². The minimum atomic E-state index is -4.29. The number of nitrogens with one attached hydrogen (secondary N) is 2. The first kappa shape index (κ1) is 16.0. The van der Waals surface area contributed by atoms with Gasteiger partial charge in [-0.05, 0) is 11.8 Å². The first-order valence-corrected chi connectivity index (χ1v) is 5.62. The fourth-order valence-corrected chi connectivity index (χ4v) is 1.41. The molecule has 0 saturated heterocycles. The van der Waals surface area contributed by atoms with Crippen LogP contribution in [0.25, 0.3) is 0 Å². The molecule has 1 amide bonds. The quantitative estimate of drug-likeness (QED) is 0.586. The van der Waals surface area contributed by atoms with E-state index in [9.17, 15) is 22.8 Å². The van der Waals surface area contributed by atoms with Crippen molar-refractivity contribution in [1.29, 1.82) is 0 Å². The molecule has 9 heteroatoms. The molecular formula is C8H13F3N2O3S. The molecule has 0 aliphatic rings.